The number of aliphatic hydroxyl groups excluding tert-OH is 1. The lowest BCUT2D eigenvalue weighted by Gasteiger charge is -2.07. The van der Waals surface area contributed by atoms with Gasteiger partial charge in [0.05, 0.1) is 25.0 Å². The van der Waals surface area contributed by atoms with Gasteiger partial charge >= 0.3 is 0 Å². The van der Waals surface area contributed by atoms with Gasteiger partial charge in [0, 0.05) is 18.7 Å². The Morgan fingerprint density at radius 3 is 2.88 bits per heavy atom. The molecule has 2 aromatic rings. The smallest absolute Gasteiger partial charge is 0.282 e. The van der Waals surface area contributed by atoms with Gasteiger partial charge in [0.15, 0.2) is 0 Å². The van der Waals surface area contributed by atoms with E-state index in [9.17, 15) is 4.79 Å². The van der Waals surface area contributed by atoms with E-state index in [0.717, 1.165) is 5.56 Å². The summed E-state index contributed by atoms with van der Waals surface area (Å²) in [4.78, 5) is 20.2. The lowest BCUT2D eigenvalue weighted by atomic mass is 10.2. The predicted molar refractivity (Wildman–Crippen MR) is 96.0 cm³/mol. The number of amidine groups is 1. The van der Waals surface area contributed by atoms with Crippen LogP contribution < -0.4 is 16.8 Å². The van der Waals surface area contributed by atoms with Crippen LogP contribution in [-0.2, 0) is 11.3 Å². The highest BCUT2D eigenvalue weighted by molar-refractivity contribution is 6.02. The van der Waals surface area contributed by atoms with Gasteiger partial charge < -0.3 is 26.6 Å². The zero-order chi connectivity index (χ0) is 18.1. The summed E-state index contributed by atoms with van der Waals surface area (Å²) in [6, 6.07) is 10.5. The van der Waals surface area contributed by atoms with Crippen molar-refractivity contribution in [1.82, 2.24) is 4.98 Å². The fourth-order valence-corrected chi connectivity index (χ4v) is 1.94. The van der Waals surface area contributed by atoms with Crippen LogP contribution in [0.4, 0.5) is 11.4 Å². The van der Waals surface area contributed by atoms with Crippen LogP contribution in [-0.4, -0.2) is 35.2 Å². The van der Waals surface area contributed by atoms with E-state index < -0.39 is 0 Å². The standard InChI is InChI=1S/C17H21N5O3/c18-13-5-6-15(20-11-13)16(24)22-14-4-1-3-12(9-14)10-21-17(19)25-8-2-7-23/h1,3-6,9,11,23H,2,7-8,10,18H2,(H2,19,21)(H,22,24). The number of pyridine rings is 1. The molecule has 0 saturated carbocycles. The summed E-state index contributed by atoms with van der Waals surface area (Å²) in [5.74, 6) is -0.326. The number of nitrogens with zero attached hydrogens (tertiary/aromatic N) is 2. The summed E-state index contributed by atoms with van der Waals surface area (Å²) in [6.45, 7) is 0.670. The summed E-state index contributed by atoms with van der Waals surface area (Å²) < 4.78 is 5.15. The lowest BCUT2D eigenvalue weighted by molar-refractivity contribution is 0.102. The van der Waals surface area contributed by atoms with Gasteiger partial charge in [-0.2, -0.15) is 0 Å². The summed E-state index contributed by atoms with van der Waals surface area (Å²) >= 11 is 0. The van der Waals surface area contributed by atoms with Crippen LogP contribution in [0.1, 0.15) is 22.5 Å². The summed E-state index contributed by atoms with van der Waals surface area (Å²) in [6.07, 6.45) is 1.93. The second kappa shape index (κ2) is 9.24. The van der Waals surface area contributed by atoms with Crippen LogP contribution in [0.2, 0.25) is 0 Å². The van der Waals surface area contributed by atoms with Gasteiger partial charge in [0.2, 0.25) is 0 Å². The molecule has 1 heterocycles. The van der Waals surface area contributed by atoms with Gasteiger partial charge in [0.1, 0.15) is 5.69 Å². The van der Waals surface area contributed by atoms with Crippen molar-refractivity contribution in [2.45, 2.75) is 13.0 Å². The Morgan fingerprint density at radius 2 is 2.16 bits per heavy atom. The van der Waals surface area contributed by atoms with Crippen molar-refractivity contribution in [3.63, 3.8) is 0 Å². The number of nitrogens with two attached hydrogens (primary N) is 2. The number of aliphatic hydroxyl groups is 1. The Labute approximate surface area is 145 Å². The number of hydrogen-bond donors (Lipinski definition) is 4. The van der Waals surface area contributed by atoms with Crippen LogP contribution in [0.5, 0.6) is 0 Å². The Balaban J connectivity index is 1.95. The highest BCUT2D eigenvalue weighted by Gasteiger charge is 2.07. The number of rotatable bonds is 7. The molecule has 0 bridgehead atoms. The largest absolute Gasteiger partial charge is 0.465 e. The Morgan fingerprint density at radius 1 is 1.32 bits per heavy atom. The second-order valence-electron chi connectivity index (χ2n) is 5.21. The predicted octanol–water partition coefficient (Wildman–Crippen LogP) is 1.13. The van der Waals surface area contributed by atoms with Crippen LogP contribution >= 0.6 is 0 Å². The molecule has 1 aromatic heterocycles. The number of nitrogen functional groups attached to an aromatic ring is 1. The van der Waals surface area contributed by atoms with E-state index in [4.69, 9.17) is 21.3 Å². The van der Waals surface area contributed by atoms with Gasteiger partial charge in [0.25, 0.3) is 11.9 Å². The maximum atomic E-state index is 12.1. The normalized spacial score (nSPS) is 11.2. The number of aromatic nitrogens is 1. The molecule has 0 unspecified atom stereocenters. The molecule has 0 atom stereocenters. The van der Waals surface area contributed by atoms with E-state index in [0.29, 0.717) is 30.9 Å². The number of benzene rings is 1. The molecule has 0 radical (unpaired) electrons. The maximum Gasteiger partial charge on any atom is 0.282 e. The summed E-state index contributed by atoms with van der Waals surface area (Å²) in [5, 5.41) is 11.4. The number of carbonyl (C=O) groups excluding carboxylic acids is 1. The molecule has 1 aromatic carbocycles. The molecule has 0 aliphatic heterocycles. The van der Waals surface area contributed by atoms with E-state index in [-0.39, 0.29) is 24.2 Å². The molecule has 25 heavy (non-hydrogen) atoms. The highest BCUT2D eigenvalue weighted by Crippen LogP contribution is 2.13. The van der Waals surface area contributed by atoms with Crippen molar-refractivity contribution in [2.75, 3.05) is 24.3 Å². The minimum atomic E-state index is -0.326. The number of carbonyl (C=O) groups is 1. The van der Waals surface area contributed by atoms with Crippen LogP contribution in [0.25, 0.3) is 0 Å². The second-order valence-corrected chi connectivity index (χ2v) is 5.21. The summed E-state index contributed by atoms with van der Waals surface area (Å²) in [7, 11) is 0. The molecule has 8 nitrogen and oxygen atoms in total. The van der Waals surface area contributed by atoms with Gasteiger partial charge in [-0.15, -0.1) is 0 Å². The van der Waals surface area contributed by atoms with Gasteiger partial charge in [-0.3, -0.25) is 4.79 Å². The molecule has 0 aliphatic rings. The number of amides is 1. The van der Waals surface area contributed by atoms with E-state index in [1.54, 1.807) is 30.3 Å². The van der Waals surface area contributed by atoms with Gasteiger partial charge in [-0.25, -0.2) is 9.98 Å². The number of anilines is 2. The van der Waals surface area contributed by atoms with Crippen molar-refractivity contribution in [3.05, 3.63) is 53.9 Å². The number of aliphatic imine (C=N–C) groups is 1. The van der Waals surface area contributed by atoms with Crippen molar-refractivity contribution < 1.29 is 14.6 Å². The van der Waals surface area contributed by atoms with Gasteiger partial charge in [-0.1, -0.05) is 12.1 Å². The third-order valence-electron chi connectivity index (χ3n) is 3.17. The topological polar surface area (TPSA) is 136 Å². The van der Waals surface area contributed by atoms with Crippen LogP contribution in [0.3, 0.4) is 0 Å². The quantitative estimate of drug-likeness (QED) is 0.338. The first-order chi connectivity index (χ1) is 12.1. The van der Waals surface area contributed by atoms with E-state index in [2.05, 4.69) is 15.3 Å². The summed E-state index contributed by atoms with van der Waals surface area (Å²) in [5.41, 5.74) is 13.4. The molecule has 2 rings (SSSR count). The average molecular weight is 343 g/mol. The number of nitrogens with one attached hydrogen (secondary N) is 1. The zero-order valence-corrected chi connectivity index (χ0v) is 13.7. The third-order valence-corrected chi connectivity index (χ3v) is 3.17. The molecule has 0 fully saturated rings. The van der Waals surface area contributed by atoms with E-state index >= 15 is 0 Å². The highest BCUT2D eigenvalue weighted by atomic mass is 16.5. The first kappa shape index (κ1) is 18.2. The Hall–Kier alpha value is -3.13. The minimum Gasteiger partial charge on any atom is -0.465 e. The third kappa shape index (κ3) is 6.11. The monoisotopic (exact) mass is 343 g/mol. The molecular formula is C17H21N5O3. The fraction of sp³-hybridized carbons (Fsp3) is 0.235. The molecule has 132 valence electrons. The number of ether oxygens (including phenoxy) is 1. The zero-order valence-electron chi connectivity index (χ0n) is 13.7. The molecular weight excluding hydrogens is 322 g/mol. The maximum absolute atomic E-state index is 12.1. The van der Waals surface area contributed by atoms with Crippen molar-refractivity contribution in [2.24, 2.45) is 10.7 Å². The molecule has 1 amide bonds. The lowest BCUT2D eigenvalue weighted by Crippen LogP contribution is -2.17. The van der Waals surface area contributed by atoms with Crippen molar-refractivity contribution >= 4 is 23.3 Å². The first-order valence-electron chi connectivity index (χ1n) is 7.74. The molecule has 0 spiro atoms. The molecule has 0 saturated heterocycles. The van der Waals surface area contributed by atoms with Crippen LogP contribution in [0.15, 0.2) is 47.6 Å². The van der Waals surface area contributed by atoms with E-state index in [1.807, 2.05) is 6.07 Å². The van der Waals surface area contributed by atoms with Crippen molar-refractivity contribution in [1.29, 1.82) is 0 Å². The Kier molecular flexibility index (Phi) is 6.73. The van der Waals surface area contributed by atoms with Crippen LogP contribution in [0, 0.1) is 0 Å². The van der Waals surface area contributed by atoms with Gasteiger partial charge in [-0.05, 0) is 29.8 Å². The average Bonchev–Trinajstić information content (AvgIpc) is 2.61. The molecule has 0 aliphatic carbocycles. The first-order valence-corrected chi connectivity index (χ1v) is 7.74. The van der Waals surface area contributed by atoms with E-state index in [1.165, 1.54) is 6.20 Å². The van der Waals surface area contributed by atoms with Crippen molar-refractivity contribution in [3.8, 4) is 0 Å². The number of hydrogen-bond acceptors (Lipinski definition) is 6. The minimum absolute atomic E-state index is 0.0396. The Bertz CT molecular complexity index is 731. The molecule has 8 heteroatoms. The fourth-order valence-electron chi connectivity index (χ4n) is 1.94. The SMILES string of the molecule is N/C(=N\Cc1cccc(NC(=O)c2ccc(N)cn2)c1)OCCCO. The molecule has 6 N–H and O–H groups in total.